The van der Waals surface area contributed by atoms with E-state index in [1.54, 1.807) is 4.90 Å². The molecule has 33 heavy (non-hydrogen) atoms. The molecule has 1 saturated carbocycles. The van der Waals surface area contributed by atoms with E-state index in [4.69, 9.17) is 4.84 Å². The Kier molecular flexibility index (Phi) is 8.05. The number of hydrogen-bond acceptors (Lipinski definition) is 6. The van der Waals surface area contributed by atoms with Gasteiger partial charge in [0.1, 0.15) is 0 Å². The molecule has 2 fully saturated rings. The van der Waals surface area contributed by atoms with Crippen LogP contribution in [0.1, 0.15) is 52.0 Å². The number of carbonyl (C=O) groups excluding carboxylic acids is 3. The number of nitrogens with zero attached hydrogens (tertiary/aromatic N) is 2. The Morgan fingerprint density at radius 2 is 1.67 bits per heavy atom. The van der Waals surface area contributed by atoms with Gasteiger partial charge in [-0.15, -0.1) is 0 Å². The van der Waals surface area contributed by atoms with Gasteiger partial charge >= 0.3 is 12.2 Å². The van der Waals surface area contributed by atoms with Gasteiger partial charge in [0.25, 0.3) is 5.91 Å². The summed E-state index contributed by atoms with van der Waals surface area (Å²) in [6.45, 7) is 9.00. The number of hydrogen-bond donors (Lipinski definition) is 2. The molecule has 9 heteroatoms. The Balaban J connectivity index is 1.42. The van der Waals surface area contributed by atoms with E-state index in [0.29, 0.717) is 39.0 Å². The van der Waals surface area contributed by atoms with Crippen molar-refractivity contribution in [2.45, 2.75) is 57.9 Å². The number of methoxy groups -OCH3 is 1. The van der Waals surface area contributed by atoms with E-state index in [0.717, 1.165) is 18.5 Å². The molecule has 1 aromatic rings. The fourth-order valence-electron chi connectivity index (χ4n) is 4.35. The van der Waals surface area contributed by atoms with Crippen LogP contribution in [-0.4, -0.2) is 62.3 Å². The lowest BCUT2D eigenvalue weighted by molar-refractivity contribution is -0.135. The number of amides is 3. The second-order valence-electron chi connectivity index (χ2n) is 9.80. The predicted molar refractivity (Wildman–Crippen MR) is 125 cm³/mol. The van der Waals surface area contributed by atoms with E-state index in [-0.39, 0.29) is 23.3 Å². The first-order valence-corrected chi connectivity index (χ1v) is 11.6. The number of ether oxygens (including phenoxy) is 1. The minimum absolute atomic E-state index is 0.113. The second kappa shape index (κ2) is 10.8. The first-order chi connectivity index (χ1) is 15.7. The molecule has 2 unspecified atom stereocenters. The zero-order valence-corrected chi connectivity index (χ0v) is 20.1. The fourth-order valence-corrected chi connectivity index (χ4v) is 4.35. The van der Waals surface area contributed by atoms with Crippen molar-refractivity contribution in [3.05, 3.63) is 29.8 Å². The van der Waals surface area contributed by atoms with Gasteiger partial charge in [0.15, 0.2) is 0 Å². The standard InChI is InChI=1S/C24H36N4O5/c1-24(2,3)18-8-10-20(11-9-18)27-12-14-28(15-13-27)23(31)33-26-21(29)17-6-5-7-19(16-17)25-22(30)32-4/h8-11,17,19H,5-7,12-16H2,1-4H3,(H,25,30)(H,26,29). The third kappa shape index (κ3) is 6.76. The van der Waals surface area contributed by atoms with Crippen molar-refractivity contribution in [3.8, 4) is 0 Å². The maximum absolute atomic E-state index is 12.5. The van der Waals surface area contributed by atoms with Crippen molar-refractivity contribution in [1.82, 2.24) is 15.7 Å². The van der Waals surface area contributed by atoms with Crippen molar-refractivity contribution in [2.75, 3.05) is 38.2 Å². The molecule has 3 amide bonds. The van der Waals surface area contributed by atoms with Gasteiger partial charge in [-0.05, 0) is 42.4 Å². The minimum atomic E-state index is -0.550. The van der Waals surface area contributed by atoms with Crippen LogP contribution in [-0.2, 0) is 19.8 Å². The maximum atomic E-state index is 12.5. The van der Waals surface area contributed by atoms with Gasteiger partial charge in [-0.3, -0.25) is 4.79 Å². The number of alkyl carbamates (subject to hydrolysis) is 1. The number of rotatable bonds is 3. The molecule has 0 radical (unpaired) electrons. The topological polar surface area (TPSA) is 100 Å². The van der Waals surface area contributed by atoms with Gasteiger partial charge in [0, 0.05) is 43.8 Å². The molecule has 1 saturated heterocycles. The van der Waals surface area contributed by atoms with E-state index in [2.05, 4.69) is 65.5 Å². The van der Waals surface area contributed by atoms with E-state index >= 15 is 0 Å². The maximum Gasteiger partial charge on any atom is 0.434 e. The van der Waals surface area contributed by atoms with Crippen LogP contribution in [0.15, 0.2) is 24.3 Å². The van der Waals surface area contributed by atoms with Crippen LogP contribution < -0.4 is 15.7 Å². The van der Waals surface area contributed by atoms with Crippen LogP contribution in [0.2, 0.25) is 0 Å². The van der Waals surface area contributed by atoms with Crippen molar-refractivity contribution >= 4 is 23.8 Å². The molecule has 2 atom stereocenters. The lowest BCUT2D eigenvalue weighted by Crippen LogP contribution is -2.50. The SMILES string of the molecule is COC(=O)NC1CCCC(C(=O)NOC(=O)N2CCN(c3ccc(C(C)(C)C)cc3)CC2)C1. The molecule has 2 aliphatic rings. The van der Waals surface area contributed by atoms with E-state index in [9.17, 15) is 14.4 Å². The van der Waals surface area contributed by atoms with E-state index in [1.165, 1.54) is 12.7 Å². The summed E-state index contributed by atoms with van der Waals surface area (Å²) in [6.07, 6.45) is 1.73. The highest BCUT2D eigenvalue weighted by atomic mass is 16.7. The van der Waals surface area contributed by atoms with Gasteiger partial charge in [0.05, 0.1) is 7.11 Å². The largest absolute Gasteiger partial charge is 0.453 e. The van der Waals surface area contributed by atoms with Crippen molar-refractivity contribution in [2.24, 2.45) is 5.92 Å². The summed E-state index contributed by atoms with van der Waals surface area (Å²) in [6, 6.07) is 8.44. The lowest BCUT2D eigenvalue weighted by Gasteiger charge is -2.35. The number of hydroxylamine groups is 1. The van der Waals surface area contributed by atoms with Crippen molar-refractivity contribution in [1.29, 1.82) is 0 Å². The molecule has 2 N–H and O–H groups in total. The molecule has 9 nitrogen and oxygen atoms in total. The zero-order chi connectivity index (χ0) is 24.0. The summed E-state index contributed by atoms with van der Waals surface area (Å²) < 4.78 is 4.62. The van der Waals surface area contributed by atoms with Crippen LogP contribution in [0.4, 0.5) is 15.3 Å². The summed E-state index contributed by atoms with van der Waals surface area (Å²) in [7, 11) is 1.31. The summed E-state index contributed by atoms with van der Waals surface area (Å²) in [5.74, 6) is -0.654. The average molecular weight is 461 g/mol. The molecule has 0 spiro atoms. The summed E-state index contributed by atoms with van der Waals surface area (Å²) in [4.78, 5) is 45.2. The Morgan fingerprint density at radius 1 is 1.00 bits per heavy atom. The normalized spacial score (nSPS) is 21.2. The van der Waals surface area contributed by atoms with Crippen LogP contribution in [0.5, 0.6) is 0 Å². The highest BCUT2D eigenvalue weighted by Gasteiger charge is 2.30. The first-order valence-electron chi connectivity index (χ1n) is 11.6. The molecule has 1 aromatic carbocycles. The first kappa shape index (κ1) is 24.7. The van der Waals surface area contributed by atoms with Crippen molar-refractivity contribution < 1.29 is 24.0 Å². The summed E-state index contributed by atoms with van der Waals surface area (Å²) in [5.41, 5.74) is 4.85. The molecule has 182 valence electrons. The molecule has 1 heterocycles. The third-order valence-corrected chi connectivity index (χ3v) is 6.43. The quantitative estimate of drug-likeness (QED) is 0.672. The molecule has 0 aromatic heterocycles. The Hall–Kier alpha value is -2.97. The van der Waals surface area contributed by atoms with Gasteiger partial charge in [-0.2, -0.15) is 5.48 Å². The number of piperazine rings is 1. The summed E-state index contributed by atoms with van der Waals surface area (Å²) >= 11 is 0. The van der Waals surface area contributed by atoms with Crippen molar-refractivity contribution in [3.63, 3.8) is 0 Å². The van der Waals surface area contributed by atoms with E-state index < -0.39 is 12.2 Å². The van der Waals surface area contributed by atoms with Crippen LogP contribution in [0.25, 0.3) is 0 Å². The number of nitrogens with one attached hydrogen (secondary N) is 2. The fraction of sp³-hybridized carbons (Fsp3) is 0.625. The van der Waals surface area contributed by atoms with Crippen LogP contribution in [0.3, 0.4) is 0 Å². The van der Waals surface area contributed by atoms with Gasteiger partial charge in [-0.25, -0.2) is 9.59 Å². The molecule has 1 aliphatic carbocycles. The molecular weight excluding hydrogens is 424 g/mol. The number of anilines is 1. The Labute approximate surface area is 195 Å². The van der Waals surface area contributed by atoms with Crippen LogP contribution in [0, 0.1) is 5.92 Å². The summed E-state index contributed by atoms with van der Waals surface area (Å²) in [5, 5.41) is 2.74. The second-order valence-corrected chi connectivity index (χ2v) is 9.80. The van der Waals surface area contributed by atoms with Gasteiger partial charge in [0.2, 0.25) is 0 Å². The van der Waals surface area contributed by atoms with Gasteiger partial charge in [-0.1, -0.05) is 39.3 Å². The number of benzene rings is 1. The van der Waals surface area contributed by atoms with Gasteiger partial charge < -0.3 is 24.7 Å². The molecule has 3 rings (SSSR count). The van der Waals surface area contributed by atoms with Crippen LogP contribution >= 0.6 is 0 Å². The highest BCUT2D eigenvalue weighted by molar-refractivity contribution is 5.80. The average Bonchev–Trinajstić information content (AvgIpc) is 2.82. The third-order valence-electron chi connectivity index (χ3n) is 6.43. The van der Waals surface area contributed by atoms with E-state index in [1.807, 2.05) is 0 Å². The molecule has 0 bridgehead atoms. The monoisotopic (exact) mass is 460 g/mol. The predicted octanol–water partition coefficient (Wildman–Crippen LogP) is 3.19. The smallest absolute Gasteiger partial charge is 0.434 e. The zero-order valence-electron chi connectivity index (χ0n) is 20.1. The molecular formula is C24H36N4O5. The number of carbonyl (C=O) groups is 3. The molecule has 1 aliphatic heterocycles. The lowest BCUT2D eigenvalue weighted by atomic mass is 9.85. The Bertz CT molecular complexity index is 828. The Morgan fingerprint density at radius 3 is 2.27 bits per heavy atom. The highest BCUT2D eigenvalue weighted by Crippen LogP contribution is 2.26. The minimum Gasteiger partial charge on any atom is -0.453 e.